The zero-order valence-corrected chi connectivity index (χ0v) is 8.66. The lowest BCUT2D eigenvalue weighted by molar-refractivity contribution is 0.443. The molecule has 0 aliphatic heterocycles. The fourth-order valence-corrected chi connectivity index (χ4v) is 1.65. The van der Waals surface area contributed by atoms with E-state index in [4.69, 9.17) is 0 Å². The molecule has 2 nitrogen and oxygen atoms in total. The Bertz CT molecular complexity index is 327. The molecule has 0 saturated carbocycles. The van der Waals surface area contributed by atoms with Crippen LogP contribution in [0.15, 0.2) is 35.3 Å². The zero-order valence-electron chi connectivity index (χ0n) is 8.66. The van der Waals surface area contributed by atoms with Crippen molar-refractivity contribution in [3.8, 4) is 0 Å². The van der Waals surface area contributed by atoms with Gasteiger partial charge >= 0.3 is 0 Å². The topological polar surface area (TPSA) is 29.4 Å². The number of benzene rings is 1. The smallest absolute Gasteiger partial charge is 0.211 e. The first-order valence-corrected chi connectivity index (χ1v) is 4.87. The number of nitrogens with zero attached hydrogens (tertiary/aromatic N) is 1. The molecule has 14 heavy (non-hydrogen) atoms. The fourth-order valence-electron chi connectivity index (χ4n) is 1.65. The molecule has 0 aromatic heterocycles. The van der Waals surface area contributed by atoms with Crippen LogP contribution in [0.3, 0.4) is 0 Å². The second kappa shape index (κ2) is 4.73. The van der Waals surface area contributed by atoms with Crippen LogP contribution in [-0.2, 0) is 10.3 Å². The van der Waals surface area contributed by atoms with Crippen LogP contribution in [0.4, 0.5) is 0 Å². The summed E-state index contributed by atoms with van der Waals surface area (Å²) >= 11 is 0. The Morgan fingerprint density at radius 3 is 2.50 bits per heavy atom. The zero-order chi connectivity index (χ0) is 10.4. The van der Waals surface area contributed by atoms with Gasteiger partial charge in [-0.2, -0.15) is 4.99 Å². The number of aliphatic imine (C=N–C) groups is 1. The lowest BCUT2D eigenvalue weighted by Crippen LogP contribution is -2.18. The number of isocyanates is 1. The molecule has 0 amide bonds. The quantitative estimate of drug-likeness (QED) is 0.528. The summed E-state index contributed by atoms with van der Waals surface area (Å²) < 4.78 is 0. The molecule has 1 unspecified atom stereocenters. The van der Waals surface area contributed by atoms with Crippen LogP contribution in [0.5, 0.6) is 0 Å². The maximum absolute atomic E-state index is 10.4. The van der Waals surface area contributed by atoms with Crippen molar-refractivity contribution < 1.29 is 4.79 Å². The monoisotopic (exact) mass is 189 g/mol. The third-order valence-electron chi connectivity index (χ3n) is 2.42. The third kappa shape index (κ3) is 2.30. The maximum Gasteiger partial charge on any atom is 0.235 e. The molecular weight excluding hydrogens is 174 g/mol. The van der Waals surface area contributed by atoms with Gasteiger partial charge in [-0.3, -0.25) is 0 Å². The molecule has 0 fully saturated rings. The number of rotatable bonds is 4. The Labute approximate surface area is 84.7 Å². The first-order chi connectivity index (χ1) is 6.73. The van der Waals surface area contributed by atoms with Gasteiger partial charge < -0.3 is 0 Å². The average Bonchev–Trinajstić information content (AvgIpc) is 2.20. The van der Waals surface area contributed by atoms with Gasteiger partial charge in [0.2, 0.25) is 6.08 Å². The molecule has 1 rings (SSSR count). The third-order valence-corrected chi connectivity index (χ3v) is 2.42. The Morgan fingerprint density at radius 1 is 1.36 bits per heavy atom. The van der Waals surface area contributed by atoms with Crippen LogP contribution in [0.1, 0.15) is 32.3 Å². The summed E-state index contributed by atoms with van der Waals surface area (Å²) in [6.07, 6.45) is 3.53. The van der Waals surface area contributed by atoms with E-state index in [1.165, 1.54) is 0 Å². The number of carbonyl (C=O) groups excluding carboxylic acids is 1. The lowest BCUT2D eigenvalue weighted by Gasteiger charge is -2.23. The Hall–Kier alpha value is -1.40. The Morgan fingerprint density at radius 2 is 2.00 bits per heavy atom. The van der Waals surface area contributed by atoms with Gasteiger partial charge in [0.05, 0.1) is 5.54 Å². The molecular formula is C12H15NO. The van der Waals surface area contributed by atoms with Crippen LogP contribution in [-0.4, -0.2) is 6.08 Å². The average molecular weight is 189 g/mol. The first kappa shape index (κ1) is 10.7. The Balaban J connectivity index is 3.05. The van der Waals surface area contributed by atoms with Gasteiger partial charge in [-0.05, 0) is 18.9 Å². The summed E-state index contributed by atoms with van der Waals surface area (Å²) in [7, 11) is 0. The molecule has 1 aromatic rings. The van der Waals surface area contributed by atoms with Crippen molar-refractivity contribution in [3.63, 3.8) is 0 Å². The van der Waals surface area contributed by atoms with Crippen molar-refractivity contribution in [3.05, 3.63) is 35.9 Å². The van der Waals surface area contributed by atoms with E-state index in [1.807, 2.05) is 37.3 Å². The lowest BCUT2D eigenvalue weighted by atomic mass is 9.88. The van der Waals surface area contributed by atoms with Gasteiger partial charge in [0.15, 0.2) is 0 Å². The van der Waals surface area contributed by atoms with E-state index in [0.29, 0.717) is 0 Å². The molecule has 0 saturated heterocycles. The summed E-state index contributed by atoms with van der Waals surface area (Å²) in [5.74, 6) is 0. The largest absolute Gasteiger partial charge is 0.235 e. The summed E-state index contributed by atoms with van der Waals surface area (Å²) in [4.78, 5) is 14.3. The van der Waals surface area contributed by atoms with Crippen molar-refractivity contribution in [2.24, 2.45) is 4.99 Å². The van der Waals surface area contributed by atoms with E-state index in [1.54, 1.807) is 6.08 Å². The highest BCUT2D eigenvalue weighted by Gasteiger charge is 2.24. The fraction of sp³-hybridized carbons (Fsp3) is 0.417. The van der Waals surface area contributed by atoms with Crippen LogP contribution in [0.25, 0.3) is 0 Å². The van der Waals surface area contributed by atoms with Gasteiger partial charge in [0.1, 0.15) is 0 Å². The molecule has 1 aromatic carbocycles. The maximum atomic E-state index is 10.4. The van der Waals surface area contributed by atoms with Crippen molar-refractivity contribution in [2.75, 3.05) is 0 Å². The summed E-state index contributed by atoms with van der Waals surface area (Å²) in [6.45, 7) is 4.05. The van der Waals surface area contributed by atoms with Gasteiger partial charge in [-0.1, -0.05) is 43.7 Å². The molecule has 1 atom stereocenters. The molecule has 0 aliphatic rings. The highest BCUT2D eigenvalue weighted by atomic mass is 16.1. The molecule has 0 radical (unpaired) electrons. The normalized spacial score (nSPS) is 14.1. The second-order valence-corrected chi connectivity index (χ2v) is 3.59. The van der Waals surface area contributed by atoms with Gasteiger partial charge in [-0.15, -0.1) is 0 Å². The SMILES string of the molecule is CCCC(C)(N=C=O)c1ccccc1. The summed E-state index contributed by atoms with van der Waals surface area (Å²) in [5.41, 5.74) is 0.669. The van der Waals surface area contributed by atoms with Gasteiger partial charge in [0, 0.05) is 0 Å². The Kier molecular flexibility index (Phi) is 3.61. The number of hydrogen-bond donors (Lipinski definition) is 0. The van der Waals surface area contributed by atoms with E-state index >= 15 is 0 Å². The van der Waals surface area contributed by atoms with E-state index in [0.717, 1.165) is 18.4 Å². The number of hydrogen-bond acceptors (Lipinski definition) is 2. The second-order valence-electron chi connectivity index (χ2n) is 3.59. The molecule has 0 heterocycles. The molecule has 74 valence electrons. The van der Waals surface area contributed by atoms with Crippen LogP contribution >= 0.6 is 0 Å². The summed E-state index contributed by atoms with van der Waals surface area (Å²) in [5, 5.41) is 0. The molecule has 0 spiro atoms. The van der Waals surface area contributed by atoms with Gasteiger partial charge in [-0.25, -0.2) is 4.79 Å². The predicted octanol–water partition coefficient (Wildman–Crippen LogP) is 3.04. The minimum Gasteiger partial charge on any atom is -0.211 e. The molecule has 0 aliphatic carbocycles. The minimum atomic E-state index is -0.405. The molecule has 0 bridgehead atoms. The van der Waals surface area contributed by atoms with E-state index < -0.39 is 5.54 Å². The molecule has 0 N–H and O–H groups in total. The van der Waals surface area contributed by atoms with Crippen LogP contribution < -0.4 is 0 Å². The van der Waals surface area contributed by atoms with E-state index in [-0.39, 0.29) is 0 Å². The van der Waals surface area contributed by atoms with E-state index in [2.05, 4.69) is 11.9 Å². The van der Waals surface area contributed by atoms with Gasteiger partial charge in [0.25, 0.3) is 0 Å². The molecule has 2 heteroatoms. The highest BCUT2D eigenvalue weighted by Crippen LogP contribution is 2.29. The van der Waals surface area contributed by atoms with Crippen molar-refractivity contribution in [1.82, 2.24) is 0 Å². The van der Waals surface area contributed by atoms with Crippen LogP contribution in [0, 0.1) is 0 Å². The van der Waals surface area contributed by atoms with Crippen LogP contribution in [0.2, 0.25) is 0 Å². The van der Waals surface area contributed by atoms with E-state index in [9.17, 15) is 4.79 Å². The summed E-state index contributed by atoms with van der Waals surface area (Å²) in [6, 6.07) is 9.88. The highest BCUT2D eigenvalue weighted by molar-refractivity contribution is 5.37. The minimum absolute atomic E-state index is 0.405. The van der Waals surface area contributed by atoms with Crippen molar-refractivity contribution in [1.29, 1.82) is 0 Å². The first-order valence-electron chi connectivity index (χ1n) is 4.87. The predicted molar refractivity (Wildman–Crippen MR) is 56.8 cm³/mol. The van der Waals surface area contributed by atoms with Crippen molar-refractivity contribution in [2.45, 2.75) is 32.2 Å². The standard InChI is InChI=1S/C12H15NO/c1-3-9-12(2,13-10-14)11-7-5-4-6-8-11/h4-8H,3,9H2,1-2H3. The van der Waals surface area contributed by atoms with Crippen molar-refractivity contribution >= 4 is 6.08 Å².